The number of carbonyl (C=O) groups excluding carboxylic acids is 1. The number of fused-ring (bicyclic) bond motifs is 1. The lowest BCUT2D eigenvalue weighted by atomic mass is 9.93. The predicted molar refractivity (Wildman–Crippen MR) is 184 cm³/mol. The van der Waals surface area contributed by atoms with Crippen LogP contribution in [0, 0.1) is 11.6 Å². The molecule has 0 atom stereocenters. The molecule has 9 nitrogen and oxygen atoms in total. The summed E-state index contributed by atoms with van der Waals surface area (Å²) in [6, 6.07) is 20.1. The highest BCUT2D eigenvalue weighted by Gasteiger charge is 2.23. The molecule has 0 unspecified atom stereocenters. The number of nitrogens with zero attached hydrogens (tertiary/aromatic N) is 3. The topological polar surface area (TPSA) is 106 Å². The minimum Gasteiger partial charge on any atom is -0.508 e. The van der Waals surface area contributed by atoms with Gasteiger partial charge in [0.15, 0.2) is 5.82 Å². The highest BCUT2D eigenvalue weighted by atomic mass is 19.1. The summed E-state index contributed by atoms with van der Waals surface area (Å²) in [4.78, 5) is 18.6. The van der Waals surface area contributed by atoms with E-state index in [2.05, 4.69) is 43.7 Å². The van der Waals surface area contributed by atoms with Crippen LogP contribution in [0.25, 0.3) is 22.0 Å². The van der Waals surface area contributed by atoms with Crippen molar-refractivity contribution in [1.29, 1.82) is 0 Å². The minimum atomic E-state index is -0.662. The van der Waals surface area contributed by atoms with Gasteiger partial charge in [-0.3, -0.25) is 9.89 Å². The first kappa shape index (κ1) is 31.6. The number of hydrogen-bond donors (Lipinski definition) is 4. The second-order valence-electron chi connectivity index (χ2n) is 12.6. The number of ether oxygens (including phenoxy) is 1. The second kappa shape index (κ2) is 13.6. The van der Waals surface area contributed by atoms with Crippen molar-refractivity contribution < 1.29 is 23.4 Å². The third-order valence-electron chi connectivity index (χ3n) is 9.19. The number of aromatic nitrogens is 2. The average molecular weight is 653 g/mol. The van der Waals surface area contributed by atoms with Crippen molar-refractivity contribution >= 4 is 34.0 Å². The lowest BCUT2D eigenvalue weighted by Crippen LogP contribution is -2.44. The molecule has 4 aromatic carbocycles. The van der Waals surface area contributed by atoms with Gasteiger partial charge in [-0.25, -0.2) is 8.78 Å². The first-order chi connectivity index (χ1) is 23.3. The van der Waals surface area contributed by atoms with E-state index in [0.29, 0.717) is 41.1 Å². The van der Waals surface area contributed by atoms with Gasteiger partial charge >= 0.3 is 0 Å². The molecule has 0 saturated carbocycles. The Morgan fingerprint density at radius 3 is 2.50 bits per heavy atom. The molecule has 2 aliphatic heterocycles. The van der Waals surface area contributed by atoms with E-state index >= 15 is 0 Å². The molecule has 0 bridgehead atoms. The quantitative estimate of drug-likeness (QED) is 0.154. The van der Waals surface area contributed by atoms with Crippen LogP contribution in [-0.4, -0.2) is 78.6 Å². The Hall–Kier alpha value is -5.00. The molecule has 2 fully saturated rings. The number of phenolic OH excluding ortho intramolecular Hbond substituents is 1. The predicted octanol–water partition coefficient (Wildman–Crippen LogP) is 6.40. The summed E-state index contributed by atoms with van der Waals surface area (Å²) in [7, 11) is 2.12. The molecular weight excluding hydrogens is 614 g/mol. The number of carbonyl (C=O) groups is 1. The summed E-state index contributed by atoms with van der Waals surface area (Å²) in [5.74, 6) is -1.20. The van der Waals surface area contributed by atoms with Crippen LogP contribution in [0.3, 0.4) is 0 Å². The zero-order valence-electron chi connectivity index (χ0n) is 26.7. The maximum atomic E-state index is 14.2. The summed E-state index contributed by atoms with van der Waals surface area (Å²) >= 11 is 0. The Morgan fingerprint density at radius 2 is 1.75 bits per heavy atom. The molecular formula is C37H38F2N6O3. The molecule has 3 heterocycles. The number of nitrogens with one attached hydrogen (secondary N) is 3. The molecule has 2 saturated heterocycles. The van der Waals surface area contributed by atoms with Crippen LogP contribution < -0.4 is 15.5 Å². The van der Waals surface area contributed by atoms with E-state index in [0.717, 1.165) is 73.2 Å². The number of amides is 1. The summed E-state index contributed by atoms with van der Waals surface area (Å²) in [6.45, 7) is 5.11. The van der Waals surface area contributed by atoms with E-state index in [1.54, 1.807) is 18.2 Å². The summed E-state index contributed by atoms with van der Waals surface area (Å²) in [5, 5.41) is 25.0. The fourth-order valence-electron chi connectivity index (χ4n) is 6.57. The van der Waals surface area contributed by atoms with Gasteiger partial charge in [0.2, 0.25) is 0 Å². The minimum absolute atomic E-state index is 0.0942. The number of H-pyrrole nitrogens is 1. The van der Waals surface area contributed by atoms with Crippen molar-refractivity contribution in [2.45, 2.75) is 25.3 Å². The molecule has 5 aromatic rings. The maximum absolute atomic E-state index is 14.2. The standard InChI is InChI=1S/C37H38F2N6O3/c1-44-9-11-45(12-10-44)29-5-6-31(34(21-29)40-28-7-13-48-14-8-28)37(47)41-36-33-19-25(15-23-16-26(38)20-27(39)17-23)32(22-35(33)42-43-36)24-3-2-4-30(46)18-24/h2-6,16-22,28,40,46H,7-15H2,1H3,(H2,41,42,43,47). The lowest BCUT2D eigenvalue weighted by Gasteiger charge is -2.34. The van der Waals surface area contributed by atoms with E-state index in [1.807, 2.05) is 30.3 Å². The zero-order chi connectivity index (χ0) is 33.2. The van der Waals surface area contributed by atoms with Gasteiger partial charge < -0.3 is 30.3 Å². The van der Waals surface area contributed by atoms with E-state index < -0.39 is 11.6 Å². The van der Waals surface area contributed by atoms with E-state index in [-0.39, 0.29) is 24.1 Å². The number of likely N-dealkylation sites (N-methyl/N-ethyl adjacent to an activating group) is 1. The van der Waals surface area contributed by atoms with Gasteiger partial charge in [0.05, 0.1) is 11.1 Å². The van der Waals surface area contributed by atoms with Gasteiger partial charge in [0.25, 0.3) is 5.91 Å². The van der Waals surface area contributed by atoms with E-state index in [1.165, 1.54) is 12.1 Å². The Labute approximate surface area is 277 Å². The monoisotopic (exact) mass is 652 g/mol. The average Bonchev–Trinajstić information content (AvgIpc) is 3.45. The number of phenols is 1. The van der Waals surface area contributed by atoms with Crippen LogP contribution in [0.1, 0.15) is 34.3 Å². The van der Waals surface area contributed by atoms with Crippen molar-refractivity contribution in [3.8, 4) is 16.9 Å². The van der Waals surface area contributed by atoms with Gasteiger partial charge in [0.1, 0.15) is 17.4 Å². The third kappa shape index (κ3) is 6.97. The smallest absolute Gasteiger partial charge is 0.258 e. The molecule has 248 valence electrons. The molecule has 0 aliphatic carbocycles. The number of aromatic amines is 1. The molecule has 11 heteroatoms. The van der Waals surface area contributed by atoms with Crippen LogP contribution >= 0.6 is 0 Å². The fraction of sp³-hybridized carbons (Fsp3) is 0.297. The Morgan fingerprint density at radius 1 is 0.979 bits per heavy atom. The van der Waals surface area contributed by atoms with Gasteiger partial charge in [-0.2, -0.15) is 5.10 Å². The van der Waals surface area contributed by atoms with Crippen molar-refractivity contribution in [2.75, 3.05) is 62.0 Å². The molecule has 0 radical (unpaired) electrons. The van der Waals surface area contributed by atoms with Crippen molar-refractivity contribution in [2.24, 2.45) is 0 Å². The summed E-state index contributed by atoms with van der Waals surface area (Å²) < 4.78 is 33.9. The second-order valence-corrected chi connectivity index (χ2v) is 12.6. The SMILES string of the molecule is CN1CCN(c2ccc(C(=O)Nc3n[nH]c4cc(-c5cccc(O)c5)c(Cc5cc(F)cc(F)c5)cc34)c(NC3CCOCC3)c2)CC1. The number of aromatic hydroxyl groups is 1. The summed E-state index contributed by atoms with van der Waals surface area (Å²) in [5.41, 5.74) is 5.67. The van der Waals surface area contributed by atoms with Gasteiger partial charge in [-0.05, 0) is 103 Å². The normalized spacial score (nSPS) is 15.9. The highest BCUT2D eigenvalue weighted by molar-refractivity contribution is 6.11. The van der Waals surface area contributed by atoms with Crippen LogP contribution in [0.4, 0.5) is 26.0 Å². The number of anilines is 3. The first-order valence-corrected chi connectivity index (χ1v) is 16.3. The molecule has 2 aliphatic rings. The molecule has 48 heavy (non-hydrogen) atoms. The van der Waals surface area contributed by atoms with Crippen molar-refractivity contribution in [3.63, 3.8) is 0 Å². The molecule has 0 spiro atoms. The van der Waals surface area contributed by atoms with E-state index in [4.69, 9.17) is 4.74 Å². The fourth-order valence-corrected chi connectivity index (χ4v) is 6.57. The van der Waals surface area contributed by atoms with Crippen molar-refractivity contribution in [3.05, 3.63) is 101 Å². The van der Waals surface area contributed by atoms with Crippen LogP contribution in [0.15, 0.2) is 72.8 Å². The Balaban J connectivity index is 1.23. The van der Waals surface area contributed by atoms with Gasteiger partial charge in [-0.15, -0.1) is 0 Å². The van der Waals surface area contributed by atoms with E-state index in [9.17, 15) is 18.7 Å². The third-order valence-corrected chi connectivity index (χ3v) is 9.19. The number of benzene rings is 4. The first-order valence-electron chi connectivity index (χ1n) is 16.3. The zero-order valence-corrected chi connectivity index (χ0v) is 26.7. The molecule has 1 amide bonds. The van der Waals surface area contributed by atoms with Gasteiger partial charge in [0, 0.05) is 68.3 Å². The van der Waals surface area contributed by atoms with Gasteiger partial charge in [-0.1, -0.05) is 12.1 Å². The van der Waals surface area contributed by atoms with Crippen LogP contribution in [-0.2, 0) is 11.2 Å². The number of halogens is 2. The number of rotatable bonds is 8. The maximum Gasteiger partial charge on any atom is 0.258 e. The van der Waals surface area contributed by atoms with Crippen molar-refractivity contribution in [1.82, 2.24) is 15.1 Å². The van der Waals surface area contributed by atoms with Crippen LogP contribution in [0.2, 0.25) is 0 Å². The lowest BCUT2D eigenvalue weighted by molar-refractivity contribution is 0.0904. The molecule has 1 aromatic heterocycles. The largest absolute Gasteiger partial charge is 0.508 e. The number of piperazine rings is 1. The molecule has 4 N–H and O–H groups in total. The summed E-state index contributed by atoms with van der Waals surface area (Å²) in [6.07, 6.45) is 1.91. The Kier molecular flexibility index (Phi) is 8.96. The Bertz CT molecular complexity index is 1930. The number of hydrogen-bond acceptors (Lipinski definition) is 7. The highest BCUT2D eigenvalue weighted by Crippen LogP contribution is 2.35. The molecule has 7 rings (SSSR count). The van der Waals surface area contributed by atoms with Crippen LogP contribution in [0.5, 0.6) is 5.75 Å².